The third kappa shape index (κ3) is 3.55. The maximum Gasteiger partial charge on any atom is 0.351 e. The fourth-order valence-electron chi connectivity index (χ4n) is 8.43. The van der Waals surface area contributed by atoms with E-state index in [1.54, 1.807) is 27.7 Å². The molecule has 0 N–H and O–H groups in total. The highest BCUT2D eigenvalue weighted by molar-refractivity contribution is 5.92. The average Bonchev–Trinajstić information content (AvgIpc) is 3.00. The topological polar surface area (TPSA) is 96.0 Å². The van der Waals surface area contributed by atoms with E-state index in [2.05, 4.69) is 0 Å². The summed E-state index contributed by atoms with van der Waals surface area (Å²) in [5.74, 6) is -7.44. The van der Waals surface area contributed by atoms with E-state index in [0.717, 1.165) is 6.08 Å². The van der Waals surface area contributed by atoms with E-state index in [1.807, 2.05) is 0 Å². The van der Waals surface area contributed by atoms with Crippen LogP contribution in [0, 0.1) is 34.5 Å². The highest BCUT2D eigenvalue weighted by Crippen LogP contribution is 2.71. The van der Waals surface area contributed by atoms with Gasteiger partial charge < -0.3 is 14.2 Å². The van der Waals surface area contributed by atoms with Crippen LogP contribution in [0.5, 0.6) is 0 Å². The number of ether oxygens (including phenoxy) is 3. The van der Waals surface area contributed by atoms with Crippen molar-refractivity contribution < 1.29 is 42.2 Å². The first-order valence-electron chi connectivity index (χ1n) is 12.8. The highest BCUT2D eigenvalue weighted by Gasteiger charge is 2.76. The minimum atomic E-state index is -3.23. The SMILES string of the molecule is CCC(=O)O[C@]1(C(=O)OC)[C@H](C)C[C@H]2[C@@H]3CC(F)(F)C4=CC(=O)CC[C@]4(C)[C@H]3[C@@H](OC(C)=O)C[C@@]21C. The average molecular weight is 511 g/mol. The molecule has 7 nitrogen and oxygen atoms in total. The zero-order valence-electron chi connectivity index (χ0n) is 21.8. The van der Waals surface area contributed by atoms with Gasteiger partial charge in [0.1, 0.15) is 6.10 Å². The van der Waals surface area contributed by atoms with Crippen LogP contribution < -0.4 is 0 Å². The third-order valence-electron chi connectivity index (χ3n) is 9.77. The lowest BCUT2D eigenvalue weighted by molar-refractivity contribution is -0.229. The number of fused-ring (bicyclic) bond motifs is 5. The number of ketones is 1. The molecule has 9 heteroatoms. The summed E-state index contributed by atoms with van der Waals surface area (Å²) >= 11 is 0. The molecule has 0 spiro atoms. The highest BCUT2D eigenvalue weighted by atomic mass is 19.3. The van der Waals surface area contributed by atoms with E-state index in [-0.39, 0.29) is 37.0 Å². The van der Waals surface area contributed by atoms with Gasteiger partial charge in [-0.15, -0.1) is 0 Å². The number of allylic oxidation sites excluding steroid dienone is 1. The first-order valence-corrected chi connectivity index (χ1v) is 12.8. The molecule has 0 unspecified atom stereocenters. The van der Waals surface area contributed by atoms with Crippen molar-refractivity contribution in [1.82, 2.24) is 0 Å². The first kappa shape index (κ1) is 26.7. The minimum Gasteiger partial charge on any atom is -0.466 e. The standard InChI is InChI=1S/C27H36F2O7/c1-7-21(32)36-27(23(33)34-6)14(2)10-18-17-12-26(28,29)20-11-16(31)8-9-24(20,4)22(17)19(35-15(3)30)13-25(18,27)5/h11,14,17-19,22H,7-10,12-13H2,1-6H3/t14-,17+,18+,19+,22-,24+,25+,27+/m1/s1. The molecule has 36 heavy (non-hydrogen) atoms. The quantitative estimate of drug-likeness (QED) is 0.408. The zero-order valence-corrected chi connectivity index (χ0v) is 21.8. The van der Waals surface area contributed by atoms with Gasteiger partial charge in [0, 0.05) is 54.4 Å². The summed E-state index contributed by atoms with van der Waals surface area (Å²) in [6.07, 6.45) is 0.694. The fourth-order valence-corrected chi connectivity index (χ4v) is 8.43. The molecule has 0 aliphatic heterocycles. The Balaban J connectivity index is 1.92. The van der Waals surface area contributed by atoms with Crippen LogP contribution in [-0.2, 0) is 33.4 Å². The molecule has 4 aliphatic carbocycles. The Bertz CT molecular complexity index is 1020. The van der Waals surface area contributed by atoms with Crippen molar-refractivity contribution in [2.75, 3.05) is 7.11 Å². The smallest absolute Gasteiger partial charge is 0.351 e. The first-order chi connectivity index (χ1) is 16.7. The van der Waals surface area contributed by atoms with Crippen LogP contribution >= 0.6 is 0 Å². The zero-order chi connectivity index (χ0) is 26.8. The van der Waals surface area contributed by atoms with Crippen molar-refractivity contribution in [3.8, 4) is 0 Å². The molecule has 0 aromatic rings. The largest absolute Gasteiger partial charge is 0.466 e. The van der Waals surface area contributed by atoms with Gasteiger partial charge in [-0.25, -0.2) is 13.6 Å². The number of esters is 3. The molecule has 0 saturated heterocycles. The Labute approximate surface area is 210 Å². The summed E-state index contributed by atoms with van der Waals surface area (Å²) < 4.78 is 48.5. The maximum atomic E-state index is 15.8. The molecule has 200 valence electrons. The molecule has 3 saturated carbocycles. The second kappa shape index (κ2) is 8.62. The number of hydrogen-bond acceptors (Lipinski definition) is 7. The lowest BCUT2D eigenvalue weighted by Crippen LogP contribution is -2.66. The van der Waals surface area contributed by atoms with E-state index in [0.29, 0.717) is 6.42 Å². The molecule has 0 aromatic carbocycles. The predicted octanol–water partition coefficient (Wildman–Crippen LogP) is 4.42. The van der Waals surface area contributed by atoms with E-state index in [1.165, 1.54) is 14.0 Å². The van der Waals surface area contributed by atoms with Crippen LogP contribution in [0.1, 0.15) is 73.1 Å². The van der Waals surface area contributed by atoms with Crippen LogP contribution in [0.4, 0.5) is 8.78 Å². The molecule has 0 amide bonds. The van der Waals surface area contributed by atoms with Crippen molar-refractivity contribution in [2.45, 2.75) is 90.8 Å². The molecule has 3 fully saturated rings. The second-order valence-electron chi connectivity index (χ2n) is 11.6. The minimum absolute atomic E-state index is 0.0317. The van der Waals surface area contributed by atoms with Crippen LogP contribution in [0.25, 0.3) is 0 Å². The normalized spacial score (nSPS) is 42.8. The summed E-state index contributed by atoms with van der Waals surface area (Å²) in [6, 6.07) is 0. The lowest BCUT2D eigenvalue weighted by atomic mass is 9.44. The van der Waals surface area contributed by atoms with Gasteiger partial charge >= 0.3 is 17.9 Å². The lowest BCUT2D eigenvalue weighted by Gasteiger charge is -2.62. The molecule has 4 aliphatic rings. The monoisotopic (exact) mass is 510 g/mol. The number of hydrogen-bond donors (Lipinski definition) is 0. The summed E-state index contributed by atoms with van der Waals surface area (Å²) in [7, 11) is 1.22. The molecule has 0 radical (unpaired) electrons. The van der Waals surface area contributed by atoms with Gasteiger partial charge in [0.2, 0.25) is 5.60 Å². The number of alkyl halides is 2. The Morgan fingerprint density at radius 3 is 2.42 bits per heavy atom. The Morgan fingerprint density at radius 2 is 1.83 bits per heavy atom. The second-order valence-corrected chi connectivity index (χ2v) is 11.6. The van der Waals surface area contributed by atoms with Crippen LogP contribution in [0.15, 0.2) is 11.6 Å². The van der Waals surface area contributed by atoms with E-state index < -0.39 is 76.5 Å². The van der Waals surface area contributed by atoms with Gasteiger partial charge in [0.05, 0.1) is 7.11 Å². The number of carbonyl (C=O) groups excluding carboxylic acids is 4. The van der Waals surface area contributed by atoms with E-state index >= 15 is 8.78 Å². The van der Waals surface area contributed by atoms with Crippen molar-refractivity contribution in [1.29, 1.82) is 0 Å². The molecule has 8 atom stereocenters. The van der Waals surface area contributed by atoms with Crippen molar-refractivity contribution >= 4 is 23.7 Å². The van der Waals surface area contributed by atoms with Gasteiger partial charge in [-0.1, -0.05) is 27.7 Å². The molecule has 0 aromatic heterocycles. The van der Waals surface area contributed by atoms with Gasteiger partial charge in [0.25, 0.3) is 5.92 Å². The Kier molecular flexibility index (Phi) is 6.40. The van der Waals surface area contributed by atoms with Crippen molar-refractivity contribution in [2.24, 2.45) is 34.5 Å². The molecular formula is C27H36F2O7. The fraction of sp³-hybridized carbons (Fsp3) is 0.778. The van der Waals surface area contributed by atoms with Crippen LogP contribution in [0.2, 0.25) is 0 Å². The van der Waals surface area contributed by atoms with E-state index in [4.69, 9.17) is 14.2 Å². The van der Waals surface area contributed by atoms with Crippen molar-refractivity contribution in [3.05, 3.63) is 11.6 Å². The van der Waals surface area contributed by atoms with Gasteiger partial charge in [-0.2, -0.15) is 0 Å². The molecule has 0 bridgehead atoms. The van der Waals surface area contributed by atoms with Crippen LogP contribution in [-0.4, -0.2) is 48.4 Å². The number of methoxy groups -OCH3 is 1. The molecule has 4 rings (SSSR count). The van der Waals surface area contributed by atoms with Crippen LogP contribution in [0.3, 0.4) is 0 Å². The summed E-state index contributed by atoms with van der Waals surface area (Å²) in [4.78, 5) is 50.4. The van der Waals surface area contributed by atoms with Gasteiger partial charge in [-0.3, -0.25) is 14.4 Å². The van der Waals surface area contributed by atoms with Gasteiger partial charge in [-0.05, 0) is 37.2 Å². The summed E-state index contributed by atoms with van der Waals surface area (Å²) in [5, 5.41) is 0. The predicted molar refractivity (Wildman–Crippen MR) is 124 cm³/mol. The Hall–Kier alpha value is -2.32. The van der Waals surface area contributed by atoms with E-state index in [9.17, 15) is 19.2 Å². The third-order valence-corrected chi connectivity index (χ3v) is 9.77. The summed E-state index contributed by atoms with van der Waals surface area (Å²) in [5.41, 5.74) is -4.04. The molecule has 0 heterocycles. The van der Waals surface area contributed by atoms with Crippen molar-refractivity contribution in [3.63, 3.8) is 0 Å². The number of halogens is 2. The molecular weight excluding hydrogens is 474 g/mol. The Morgan fingerprint density at radius 1 is 1.17 bits per heavy atom. The maximum absolute atomic E-state index is 15.8. The number of rotatable bonds is 4. The summed E-state index contributed by atoms with van der Waals surface area (Å²) in [6.45, 7) is 8.20. The number of carbonyl (C=O) groups is 4. The van der Waals surface area contributed by atoms with Gasteiger partial charge in [0.15, 0.2) is 5.78 Å².